The van der Waals surface area contributed by atoms with E-state index in [1.54, 1.807) is 23.4 Å². The van der Waals surface area contributed by atoms with Crippen LogP contribution in [0.1, 0.15) is 45.1 Å². The standard InChI is InChI=1S/C20H29N3O4/c1-14(2)5-3-7-18(24)23-12-16(9-17(13-23)20(26)27)19(25)22-11-15-6-4-8-21-10-15/h4,6,8,10,14,16-17H,3,5,7,9,11-13H2,1-2H3,(H,22,25)(H,26,27)/t16-,17+/m1/s1. The molecule has 148 valence electrons. The van der Waals surface area contributed by atoms with Gasteiger partial charge >= 0.3 is 5.97 Å². The SMILES string of the molecule is CC(C)CCCC(=O)N1C[C@@H](C(=O)O)C[C@@H](C(=O)NCc2cccnc2)C1. The van der Waals surface area contributed by atoms with Gasteiger partial charge in [0.15, 0.2) is 0 Å². The Labute approximate surface area is 160 Å². The molecule has 0 saturated carbocycles. The number of likely N-dealkylation sites (tertiary alicyclic amines) is 1. The van der Waals surface area contributed by atoms with Crippen molar-refractivity contribution < 1.29 is 19.5 Å². The van der Waals surface area contributed by atoms with Gasteiger partial charge in [-0.1, -0.05) is 26.3 Å². The minimum Gasteiger partial charge on any atom is -0.481 e. The highest BCUT2D eigenvalue weighted by molar-refractivity contribution is 5.83. The summed E-state index contributed by atoms with van der Waals surface area (Å²) in [5.41, 5.74) is 0.873. The zero-order chi connectivity index (χ0) is 19.8. The molecule has 0 unspecified atom stereocenters. The minimum absolute atomic E-state index is 0.0633. The molecule has 27 heavy (non-hydrogen) atoms. The number of amides is 2. The number of piperidine rings is 1. The predicted octanol–water partition coefficient (Wildman–Crippen LogP) is 2.07. The second-order valence-electron chi connectivity index (χ2n) is 7.63. The minimum atomic E-state index is -0.959. The molecule has 2 heterocycles. The van der Waals surface area contributed by atoms with Crippen molar-refractivity contribution in [3.8, 4) is 0 Å². The van der Waals surface area contributed by atoms with Crippen molar-refractivity contribution in [1.82, 2.24) is 15.2 Å². The van der Waals surface area contributed by atoms with Gasteiger partial charge in [-0.05, 0) is 30.4 Å². The number of hydrogen-bond donors (Lipinski definition) is 2. The van der Waals surface area contributed by atoms with Gasteiger partial charge in [-0.2, -0.15) is 0 Å². The van der Waals surface area contributed by atoms with Crippen molar-refractivity contribution in [3.05, 3.63) is 30.1 Å². The summed E-state index contributed by atoms with van der Waals surface area (Å²) in [5, 5.41) is 12.3. The number of carbonyl (C=O) groups excluding carboxylic acids is 2. The maximum atomic E-state index is 12.5. The molecule has 0 aliphatic carbocycles. The maximum Gasteiger partial charge on any atom is 0.308 e. The van der Waals surface area contributed by atoms with Crippen LogP contribution in [0.4, 0.5) is 0 Å². The second-order valence-corrected chi connectivity index (χ2v) is 7.63. The fourth-order valence-corrected chi connectivity index (χ4v) is 3.33. The highest BCUT2D eigenvalue weighted by atomic mass is 16.4. The van der Waals surface area contributed by atoms with Crippen LogP contribution in [-0.2, 0) is 20.9 Å². The molecular weight excluding hydrogens is 346 g/mol. The highest BCUT2D eigenvalue weighted by Gasteiger charge is 2.36. The molecular formula is C20H29N3O4. The third-order valence-electron chi connectivity index (χ3n) is 4.88. The smallest absolute Gasteiger partial charge is 0.308 e. The molecule has 0 radical (unpaired) electrons. The molecule has 1 fully saturated rings. The van der Waals surface area contributed by atoms with Crippen LogP contribution in [0.15, 0.2) is 24.5 Å². The van der Waals surface area contributed by atoms with Crippen molar-refractivity contribution in [3.63, 3.8) is 0 Å². The van der Waals surface area contributed by atoms with E-state index in [1.807, 2.05) is 6.07 Å². The van der Waals surface area contributed by atoms with Crippen LogP contribution in [0.25, 0.3) is 0 Å². The lowest BCUT2D eigenvalue weighted by atomic mass is 9.88. The average molecular weight is 375 g/mol. The summed E-state index contributed by atoms with van der Waals surface area (Å²) in [6, 6.07) is 3.65. The number of carboxylic acids is 1. The molecule has 7 heteroatoms. The lowest BCUT2D eigenvalue weighted by molar-refractivity contribution is -0.148. The predicted molar refractivity (Wildman–Crippen MR) is 101 cm³/mol. The summed E-state index contributed by atoms with van der Waals surface area (Å²) in [7, 11) is 0. The number of carboxylic acid groups (broad SMARTS) is 1. The lowest BCUT2D eigenvalue weighted by Crippen LogP contribution is -2.50. The van der Waals surface area contributed by atoms with Crippen LogP contribution in [0, 0.1) is 17.8 Å². The van der Waals surface area contributed by atoms with Gasteiger partial charge in [-0.15, -0.1) is 0 Å². The monoisotopic (exact) mass is 375 g/mol. The first-order chi connectivity index (χ1) is 12.9. The first-order valence-electron chi connectivity index (χ1n) is 9.54. The average Bonchev–Trinajstić information content (AvgIpc) is 2.66. The van der Waals surface area contributed by atoms with E-state index < -0.39 is 17.8 Å². The van der Waals surface area contributed by atoms with Gasteiger partial charge in [-0.25, -0.2) is 0 Å². The Morgan fingerprint density at radius 3 is 2.67 bits per heavy atom. The largest absolute Gasteiger partial charge is 0.481 e. The third kappa shape index (κ3) is 6.66. The van der Waals surface area contributed by atoms with Gasteiger partial charge in [0.2, 0.25) is 11.8 Å². The Bertz CT molecular complexity index is 648. The van der Waals surface area contributed by atoms with Crippen molar-refractivity contribution >= 4 is 17.8 Å². The number of nitrogens with zero attached hydrogens (tertiary/aromatic N) is 2. The number of hydrogen-bond acceptors (Lipinski definition) is 4. The van der Waals surface area contributed by atoms with Crippen LogP contribution in [0.5, 0.6) is 0 Å². The molecule has 1 aliphatic heterocycles. The van der Waals surface area contributed by atoms with E-state index in [0.717, 1.165) is 18.4 Å². The molecule has 0 bridgehead atoms. The fraction of sp³-hybridized carbons (Fsp3) is 0.600. The quantitative estimate of drug-likeness (QED) is 0.725. The Balaban J connectivity index is 1.94. The topological polar surface area (TPSA) is 99.6 Å². The van der Waals surface area contributed by atoms with Gasteiger partial charge in [-0.3, -0.25) is 19.4 Å². The van der Waals surface area contributed by atoms with E-state index in [9.17, 15) is 19.5 Å². The van der Waals surface area contributed by atoms with Gasteiger partial charge in [0, 0.05) is 38.4 Å². The summed E-state index contributed by atoms with van der Waals surface area (Å²) >= 11 is 0. The lowest BCUT2D eigenvalue weighted by Gasteiger charge is -2.35. The number of pyridine rings is 1. The van der Waals surface area contributed by atoms with Crippen molar-refractivity contribution in [2.75, 3.05) is 13.1 Å². The number of aromatic nitrogens is 1. The Kier molecular flexibility index (Phi) is 7.76. The summed E-state index contributed by atoms with van der Waals surface area (Å²) < 4.78 is 0. The van der Waals surface area contributed by atoms with Gasteiger partial charge in [0.1, 0.15) is 0 Å². The molecule has 2 amide bonds. The Morgan fingerprint density at radius 1 is 1.30 bits per heavy atom. The highest BCUT2D eigenvalue weighted by Crippen LogP contribution is 2.24. The van der Waals surface area contributed by atoms with E-state index in [0.29, 0.717) is 18.9 Å². The first-order valence-corrected chi connectivity index (χ1v) is 9.54. The molecule has 2 N–H and O–H groups in total. The van der Waals surface area contributed by atoms with Crippen molar-refractivity contribution in [1.29, 1.82) is 0 Å². The van der Waals surface area contributed by atoms with Crippen LogP contribution < -0.4 is 5.32 Å². The second kappa shape index (κ2) is 10.0. The molecule has 0 spiro atoms. The third-order valence-corrected chi connectivity index (χ3v) is 4.88. The summed E-state index contributed by atoms with van der Waals surface area (Å²) in [4.78, 5) is 42.1. The summed E-state index contributed by atoms with van der Waals surface area (Å²) in [6.07, 6.45) is 5.72. The molecule has 1 aromatic rings. The molecule has 1 aromatic heterocycles. The molecule has 2 atom stereocenters. The summed E-state index contributed by atoms with van der Waals surface area (Å²) in [5.74, 6) is -1.93. The molecule has 1 saturated heterocycles. The van der Waals surface area contributed by atoms with Crippen LogP contribution in [-0.4, -0.2) is 45.9 Å². The number of nitrogens with one attached hydrogen (secondary N) is 1. The molecule has 1 aliphatic rings. The van der Waals surface area contributed by atoms with Crippen molar-refractivity contribution in [2.45, 2.75) is 46.1 Å². The fourth-order valence-electron chi connectivity index (χ4n) is 3.33. The van der Waals surface area contributed by atoms with Gasteiger partial charge in [0.05, 0.1) is 11.8 Å². The molecule has 0 aromatic carbocycles. The van der Waals surface area contributed by atoms with E-state index in [-0.39, 0.29) is 31.3 Å². The van der Waals surface area contributed by atoms with E-state index in [2.05, 4.69) is 24.1 Å². The van der Waals surface area contributed by atoms with Crippen LogP contribution in [0.2, 0.25) is 0 Å². The van der Waals surface area contributed by atoms with Gasteiger partial charge < -0.3 is 15.3 Å². The normalized spacial score (nSPS) is 19.7. The van der Waals surface area contributed by atoms with Gasteiger partial charge in [0.25, 0.3) is 0 Å². The van der Waals surface area contributed by atoms with Crippen LogP contribution >= 0.6 is 0 Å². The number of rotatable bonds is 8. The van der Waals surface area contributed by atoms with Crippen LogP contribution in [0.3, 0.4) is 0 Å². The first kappa shape index (κ1) is 20.9. The maximum absolute atomic E-state index is 12.5. The number of carbonyl (C=O) groups is 3. The van der Waals surface area contributed by atoms with Crippen molar-refractivity contribution in [2.24, 2.45) is 17.8 Å². The summed E-state index contributed by atoms with van der Waals surface area (Å²) in [6.45, 7) is 5.01. The number of aliphatic carboxylic acids is 1. The molecule has 2 rings (SSSR count). The zero-order valence-electron chi connectivity index (χ0n) is 16.1. The Morgan fingerprint density at radius 2 is 2.04 bits per heavy atom. The van der Waals surface area contributed by atoms with E-state index in [4.69, 9.17) is 0 Å². The molecule has 7 nitrogen and oxygen atoms in total. The zero-order valence-corrected chi connectivity index (χ0v) is 16.1. The van der Waals surface area contributed by atoms with E-state index in [1.165, 1.54) is 0 Å². The van der Waals surface area contributed by atoms with E-state index >= 15 is 0 Å². The Hall–Kier alpha value is -2.44.